The van der Waals surface area contributed by atoms with Crippen molar-refractivity contribution in [3.63, 3.8) is 0 Å². The summed E-state index contributed by atoms with van der Waals surface area (Å²) in [5.74, 6) is -0.368. The molecule has 0 fully saturated rings. The first-order valence-electron chi connectivity index (χ1n) is 3.81. The first-order chi connectivity index (χ1) is 6.71. The van der Waals surface area contributed by atoms with Crippen LogP contribution in [0.15, 0.2) is 12.1 Å². The zero-order valence-corrected chi connectivity index (χ0v) is 8.25. The number of hydrogen-bond donors (Lipinski definition) is 0. The Morgan fingerprint density at radius 1 is 1.64 bits per heavy atom. The van der Waals surface area contributed by atoms with Crippen molar-refractivity contribution in [1.82, 2.24) is 4.98 Å². The van der Waals surface area contributed by atoms with Gasteiger partial charge in [-0.1, -0.05) is 0 Å². The number of aldehydes is 1. The number of hydrogen-bond acceptors (Lipinski definition) is 4. The van der Waals surface area contributed by atoms with Crippen molar-refractivity contribution in [1.29, 1.82) is 0 Å². The lowest BCUT2D eigenvalue weighted by atomic mass is 10.2. The van der Waals surface area contributed by atoms with Gasteiger partial charge in [-0.25, -0.2) is 9.78 Å². The molecule has 0 N–H and O–H groups in total. The molecule has 0 saturated carbocycles. The minimum absolute atomic E-state index is 0.0905. The van der Waals surface area contributed by atoms with Gasteiger partial charge < -0.3 is 4.74 Å². The fourth-order valence-corrected chi connectivity index (χ4v) is 1.11. The molecule has 1 aromatic rings. The average Bonchev–Trinajstić information content (AvgIpc) is 2.27. The third kappa shape index (κ3) is 2.29. The van der Waals surface area contributed by atoms with Crippen LogP contribution >= 0.6 is 11.6 Å². The highest BCUT2D eigenvalue weighted by molar-refractivity contribution is 6.17. The smallest absolute Gasteiger partial charge is 0.356 e. The highest BCUT2D eigenvalue weighted by atomic mass is 35.5. The Labute approximate surface area is 85.9 Å². The van der Waals surface area contributed by atoms with Crippen LogP contribution in [0.2, 0.25) is 0 Å². The second-order valence-electron chi connectivity index (χ2n) is 2.53. The fourth-order valence-electron chi connectivity index (χ4n) is 0.958. The molecule has 4 nitrogen and oxygen atoms in total. The van der Waals surface area contributed by atoms with Crippen molar-refractivity contribution >= 4 is 23.9 Å². The molecule has 0 bridgehead atoms. The molecule has 1 rings (SSSR count). The summed E-state index contributed by atoms with van der Waals surface area (Å²) in [5, 5.41) is 0. The van der Waals surface area contributed by atoms with Gasteiger partial charge in [0.25, 0.3) is 0 Å². The third-order valence-corrected chi connectivity index (χ3v) is 1.88. The molecule has 0 aliphatic carbocycles. The van der Waals surface area contributed by atoms with Crippen LogP contribution < -0.4 is 0 Å². The summed E-state index contributed by atoms with van der Waals surface area (Å²) >= 11 is 5.58. The molecule has 0 aliphatic rings. The van der Waals surface area contributed by atoms with Crippen LogP contribution in [-0.2, 0) is 10.6 Å². The van der Waals surface area contributed by atoms with Gasteiger partial charge in [0.1, 0.15) is 11.4 Å². The predicted octanol–water partition coefficient (Wildman–Crippen LogP) is 1.42. The zero-order valence-electron chi connectivity index (χ0n) is 7.49. The molecule has 0 spiro atoms. The number of halogens is 1. The van der Waals surface area contributed by atoms with E-state index in [2.05, 4.69) is 9.72 Å². The first kappa shape index (κ1) is 10.7. The largest absolute Gasteiger partial charge is 0.464 e. The van der Waals surface area contributed by atoms with E-state index in [0.29, 0.717) is 11.8 Å². The van der Waals surface area contributed by atoms with Gasteiger partial charge in [-0.3, -0.25) is 4.79 Å². The second-order valence-corrected chi connectivity index (χ2v) is 2.80. The van der Waals surface area contributed by atoms with Crippen LogP contribution in [0.4, 0.5) is 0 Å². The number of rotatable bonds is 3. The van der Waals surface area contributed by atoms with Crippen LogP contribution in [0.1, 0.15) is 26.5 Å². The Morgan fingerprint density at radius 3 is 2.86 bits per heavy atom. The molecule has 1 heterocycles. The summed E-state index contributed by atoms with van der Waals surface area (Å²) in [7, 11) is 1.25. The van der Waals surface area contributed by atoms with Crippen molar-refractivity contribution in [3.8, 4) is 0 Å². The summed E-state index contributed by atoms with van der Waals surface area (Å²) in [6.07, 6.45) is 0.558. The standard InChI is InChI=1S/C9H8ClNO3/c1-14-9(13)8-3-6(4-10)2-7(5-12)11-8/h2-3,5H,4H2,1H3. The van der Waals surface area contributed by atoms with Crippen molar-refractivity contribution < 1.29 is 14.3 Å². The van der Waals surface area contributed by atoms with E-state index >= 15 is 0 Å². The van der Waals surface area contributed by atoms with Gasteiger partial charge >= 0.3 is 5.97 Å². The lowest BCUT2D eigenvalue weighted by Crippen LogP contribution is -2.06. The SMILES string of the molecule is COC(=O)c1cc(CCl)cc(C=O)n1. The number of pyridine rings is 1. The molecule has 1 aromatic heterocycles. The maximum Gasteiger partial charge on any atom is 0.356 e. The number of carbonyl (C=O) groups excluding carboxylic acids is 2. The number of carbonyl (C=O) groups is 2. The third-order valence-electron chi connectivity index (χ3n) is 1.57. The summed E-state index contributed by atoms with van der Waals surface area (Å²) in [4.78, 5) is 25.4. The molecule has 0 unspecified atom stereocenters. The Bertz CT molecular complexity index is 365. The molecule has 0 aromatic carbocycles. The van der Waals surface area contributed by atoms with Gasteiger partial charge in [0.05, 0.1) is 7.11 Å². The van der Waals surface area contributed by atoms with Crippen LogP contribution in [0.3, 0.4) is 0 Å². The molecule has 0 atom stereocenters. The minimum Gasteiger partial charge on any atom is -0.464 e. The van der Waals surface area contributed by atoms with E-state index in [1.807, 2.05) is 0 Å². The maximum absolute atomic E-state index is 11.1. The summed E-state index contributed by atoms with van der Waals surface area (Å²) in [5.41, 5.74) is 0.917. The van der Waals surface area contributed by atoms with Gasteiger partial charge in [0.15, 0.2) is 6.29 Å². The molecule has 0 radical (unpaired) electrons. The summed E-state index contributed by atoms with van der Waals surface area (Å²) in [6, 6.07) is 3.01. The molecule has 0 aliphatic heterocycles. The molecule has 74 valence electrons. The van der Waals surface area contributed by atoms with E-state index in [4.69, 9.17) is 11.6 Å². The molecular weight excluding hydrogens is 206 g/mol. The van der Waals surface area contributed by atoms with Crippen LogP contribution in [-0.4, -0.2) is 24.3 Å². The predicted molar refractivity (Wildman–Crippen MR) is 50.5 cm³/mol. The second kappa shape index (κ2) is 4.72. The molecule has 0 amide bonds. The van der Waals surface area contributed by atoms with E-state index in [1.165, 1.54) is 19.2 Å². The van der Waals surface area contributed by atoms with E-state index in [1.54, 1.807) is 0 Å². The molecular formula is C9H8ClNO3. The van der Waals surface area contributed by atoms with E-state index in [-0.39, 0.29) is 17.3 Å². The van der Waals surface area contributed by atoms with E-state index in [9.17, 15) is 9.59 Å². The molecule has 0 saturated heterocycles. The maximum atomic E-state index is 11.1. The van der Waals surface area contributed by atoms with Gasteiger partial charge in [-0.2, -0.15) is 0 Å². The lowest BCUT2D eigenvalue weighted by molar-refractivity contribution is 0.0594. The number of alkyl halides is 1. The van der Waals surface area contributed by atoms with Crippen LogP contribution in [0.5, 0.6) is 0 Å². The summed E-state index contributed by atoms with van der Waals surface area (Å²) in [6.45, 7) is 0. The van der Waals surface area contributed by atoms with Gasteiger partial charge in [0, 0.05) is 5.88 Å². The zero-order chi connectivity index (χ0) is 10.6. The van der Waals surface area contributed by atoms with Crippen LogP contribution in [0, 0.1) is 0 Å². The van der Waals surface area contributed by atoms with E-state index < -0.39 is 5.97 Å². The van der Waals surface area contributed by atoms with Crippen molar-refractivity contribution in [3.05, 3.63) is 29.1 Å². The van der Waals surface area contributed by atoms with Crippen molar-refractivity contribution in [2.45, 2.75) is 5.88 Å². The normalized spacial score (nSPS) is 9.57. The van der Waals surface area contributed by atoms with Crippen LogP contribution in [0.25, 0.3) is 0 Å². The fraction of sp³-hybridized carbons (Fsp3) is 0.222. The highest BCUT2D eigenvalue weighted by Crippen LogP contribution is 2.08. The number of methoxy groups -OCH3 is 1. The monoisotopic (exact) mass is 213 g/mol. The quantitative estimate of drug-likeness (QED) is 0.433. The Kier molecular flexibility index (Phi) is 3.59. The average molecular weight is 214 g/mol. The topological polar surface area (TPSA) is 56.3 Å². The Balaban J connectivity index is 3.16. The highest BCUT2D eigenvalue weighted by Gasteiger charge is 2.09. The summed E-state index contributed by atoms with van der Waals surface area (Å²) < 4.78 is 4.47. The van der Waals surface area contributed by atoms with Gasteiger partial charge in [-0.15, -0.1) is 11.6 Å². The Hall–Kier alpha value is -1.42. The van der Waals surface area contributed by atoms with Crippen molar-refractivity contribution in [2.75, 3.05) is 7.11 Å². The minimum atomic E-state index is -0.583. The van der Waals surface area contributed by atoms with Crippen molar-refractivity contribution in [2.24, 2.45) is 0 Å². The first-order valence-corrected chi connectivity index (χ1v) is 4.35. The Morgan fingerprint density at radius 2 is 2.36 bits per heavy atom. The molecule has 5 heteroatoms. The van der Waals surface area contributed by atoms with Gasteiger partial charge in [-0.05, 0) is 17.7 Å². The number of nitrogens with zero attached hydrogens (tertiary/aromatic N) is 1. The molecule has 14 heavy (non-hydrogen) atoms. The number of aromatic nitrogens is 1. The number of esters is 1. The van der Waals surface area contributed by atoms with E-state index in [0.717, 1.165) is 0 Å². The lowest BCUT2D eigenvalue weighted by Gasteiger charge is -2.01. The van der Waals surface area contributed by atoms with Gasteiger partial charge in [0.2, 0.25) is 0 Å². The number of ether oxygens (including phenoxy) is 1.